The van der Waals surface area contributed by atoms with Gasteiger partial charge >= 0.3 is 0 Å². The second-order valence-electron chi connectivity index (χ2n) is 8.79. The summed E-state index contributed by atoms with van der Waals surface area (Å²) in [6.45, 7) is 6.82. The van der Waals surface area contributed by atoms with Crippen LogP contribution in [0, 0.1) is 5.92 Å². The molecule has 2 aromatic carbocycles. The fourth-order valence-electron chi connectivity index (χ4n) is 4.24. The van der Waals surface area contributed by atoms with Gasteiger partial charge in [0.25, 0.3) is 0 Å². The van der Waals surface area contributed by atoms with Gasteiger partial charge in [0, 0.05) is 11.6 Å². The lowest BCUT2D eigenvalue weighted by molar-refractivity contribution is 0.188. The van der Waals surface area contributed by atoms with Crippen LogP contribution in [0.4, 0.5) is 0 Å². The van der Waals surface area contributed by atoms with Gasteiger partial charge < -0.3 is 14.1 Å². The van der Waals surface area contributed by atoms with E-state index in [2.05, 4.69) is 11.8 Å². The van der Waals surface area contributed by atoms with E-state index in [1.165, 1.54) is 51.7 Å². The lowest BCUT2D eigenvalue weighted by Crippen LogP contribution is -2.33. The van der Waals surface area contributed by atoms with Crippen LogP contribution in [0.25, 0.3) is 22.3 Å². The SMILES string of the molecule is CC1CCN(CCCCCCOc2ccc3oc(-c4ccccc4)cc(=O)c3c2)CC1.Cl. The van der Waals surface area contributed by atoms with Crippen LogP contribution in [-0.2, 0) is 0 Å². The normalized spacial score (nSPS) is 14.9. The Morgan fingerprint density at radius 2 is 1.72 bits per heavy atom. The molecule has 32 heavy (non-hydrogen) atoms. The number of piperidine rings is 1. The average Bonchev–Trinajstić information content (AvgIpc) is 2.80. The topological polar surface area (TPSA) is 42.7 Å². The van der Waals surface area contributed by atoms with Gasteiger partial charge in [-0.15, -0.1) is 12.4 Å². The highest BCUT2D eigenvalue weighted by atomic mass is 35.5. The van der Waals surface area contributed by atoms with Gasteiger partial charge in [-0.05, 0) is 69.4 Å². The molecule has 0 amide bonds. The highest BCUT2D eigenvalue weighted by Gasteiger charge is 2.14. The number of rotatable bonds is 9. The molecule has 5 heteroatoms. The van der Waals surface area contributed by atoms with E-state index >= 15 is 0 Å². The second-order valence-corrected chi connectivity index (χ2v) is 8.79. The zero-order valence-corrected chi connectivity index (χ0v) is 19.7. The summed E-state index contributed by atoms with van der Waals surface area (Å²) in [4.78, 5) is 15.2. The summed E-state index contributed by atoms with van der Waals surface area (Å²) in [5, 5.41) is 0.563. The molecular formula is C27H34ClNO3. The van der Waals surface area contributed by atoms with Crippen LogP contribution in [0.15, 0.2) is 63.8 Å². The lowest BCUT2D eigenvalue weighted by Gasteiger charge is -2.30. The van der Waals surface area contributed by atoms with Crippen molar-refractivity contribution in [2.24, 2.45) is 5.92 Å². The lowest BCUT2D eigenvalue weighted by atomic mass is 9.99. The number of ether oxygens (including phenoxy) is 1. The number of hydrogen-bond donors (Lipinski definition) is 0. The zero-order chi connectivity index (χ0) is 21.5. The van der Waals surface area contributed by atoms with Crippen molar-refractivity contribution in [3.8, 4) is 17.1 Å². The molecule has 3 aromatic rings. The van der Waals surface area contributed by atoms with E-state index in [0.29, 0.717) is 23.3 Å². The van der Waals surface area contributed by atoms with Crippen molar-refractivity contribution < 1.29 is 9.15 Å². The third-order valence-electron chi connectivity index (χ3n) is 6.27. The third-order valence-corrected chi connectivity index (χ3v) is 6.27. The number of unbranched alkanes of at least 4 members (excludes halogenated alkanes) is 3. The number of likely N-dealkylation sites (tertiary alicyclic amines) is 1. The van der Waals surface area contributed by atoms with Crippen molar-refractivity contribution in [3.05, 3.63) is 64.8 Å². The smallest absolute Gasteiger partial charge is 0.193 e. The molecule has 1 fully saturated rings. The second kappa shape index (κ2) is 12.1. The summed E-state index contributed by atoms with van der Waals surface area (Å²) in [7, 11) is 0. The van der Waals surface area contributed by atoms with Crippen LogP contribution in [0.1, 0.15) is 45.4 Å². The minimum atomic E-state index is -0.0438. The fraction of sp³-hybridized carbons (Fsp3) is 0.444. The minimum Gasteiger partial charge on any atom is -0.494 e. The first-order valence-corrected chi connectivity index (χ1v) is 11.7. The van der Waals surface area contributed by atoms with Crippen molar-refractivity contribution in [3.63, 3.8) is 0 Å². The molecule has 0 N–H and O–H groups in total. The Balaban J connectivity index is 0.00000289. The molecule has 0 aliphatic carbocycles. The Kier molecular flexibility index (Phi) is 9.19. The van der Waals surface area contributed by atoms with Crippen molar-refractivity contribution >= 4 is 23.4 Å². The van der Waals surface area contributed by atoms with Gasteiger partial charge in [-0.3, -0.25) is 4.79 Å². The highest BCUT2D eigenvalue weighted by Crippen LogP contribution is 2.24. The molecule has 1 aromatic heterocycles. The highest BCUT2D eigenvalue weighted by molar-refractivity contribution is 5.85. The molecular weight excluding hydrogens is 422 g/mol. The molecule has 0 spiro atoms. The molecule has 1 aliphatic rings. The molecule has 1 saturated heterocycles. The molecule has 4 rings (SSSR count). The number of halogens is 1. The number of fused-ring (bicyclic) bond motifs is 1. The van der Waals surface area contributed by atoms with Crippen molar-refractivity contribution in [1.82, 2.24) is 4.90 Å². The van der Waals surface area contributed by atoms with Crippen LogP contribution in [0.2, 0.25) is 0 Å². The maximum atomic E-state index is 12.6. The largest absolute Gasteiger partial charge is 0.494 e. The Bertz CT molecular complexity index is 1030. The first-order valence-electron chi connectivity index (χ1n) is 11.7. The summed E-state index contributed by atoms with van der Waals surface area (Å²) in [6, 6.07) is 16.8. The average molecular weight is 456 g/mol. The van der Waals surface area contributed by atoms with Gasteiger partial charge in [0.1, 0.15) is 17.1 Å². The van der Waals surface area contributed by atoms with Gasteiger partial charge in [0.15, 0.2) is 5.43 Å². The summed E-state index contributed by atoms with van der Waals surface area (Å²) < 4.78 is 11.9. The summed E-state index contributed by atoms with van der Waals surface area (Å²) in [5.41, 5.74) is 1.44. The standard InChI is InChI=1S/C27H33NO3.ClH/c1-21-13-16-28(17-14-21)15-7-2-3-8-18-30-23-11-12-26-24(19-23)25(29)20-27(31-26)22-9-5-4-6-10-22;/h4-6,9-12,19-21H,2-3,7-8,13-18H2,1H3;1H. The van der Waals surface area contributed by atoms with E-state index in [9.17, 15) is 4.79 Å². The third kappa shape index (κ3) is 6.60. The van der Waals surface area contributed by atoms with Crippen LogP contribution in [0.3, 0.4) is 0 Å². The van der Waals surface area contributed by atoms with Crippen molar-refractivity contribution in [1.29, 1.82) is 0 Å². The van der Waals surface area contributed by atoms with Gasteiger partial charge in [0.2, 0.25) is 0 Å². The Hall–Kier alpha value is -2.30. The molecule has 1 aliphatic heterocycles. The molecule has 0 unspecified atom stereocenters. The van der Waals surface area contributed by atoms with Gasteiger partial charge in [-0.1, -0.05) is 50.1 Å². The zero-order valence-electron chi connectivity index (χ0n) is 18.9. The fourth-order valence-corrected chi connectivity index (χ4v) is 4.24. The number of nitrogens with zero attached hydrogens (tertiary/aromatic N) is 1. The summed E-state index contributed by atoms with van der Waals surface area (Å²) in [6.07, 6.45) is 7.45. The van der Waals surface area contributed by atoms with E-state index in [-0.39, 0.29) is 17.8 Å². The molecule has 0 bridgehead atoms. The minimum absolute atomic E-state index is 0. The van der Waals surface area contributed by atoms with Crippen molar-refractivity contribution in [2.45, 2.75) is 45.4 Å². The van der Waals surface area contributed by atoms with Crippen LogP contribution in [-0.4, -0.2) is 31.1 Å². The molecule has 0 saturated carbocycles. The van der Waals surface area contributed by atoms with E-state index in [1.54, 1.807) is 12.1 Å². The predicted octanol–water partition coefficient (Wildman–Crippen LogP) is 6.55. The molecule has 172 valence electrons. The monoisotopic (exact) mass is 455 g/mol. The molecule has 0 atom stereocenters. The first-order chi connectivity index (χ1) is 15.2. The maximum Gasteiger partial charge on any atom is 0.193 e. The predicted molar refractivity (Wildman–Crippen MR) is 134 cm³/mol. The van der Waals surface area contributed by atoms with Gasteiger partial charge in [-0.25, -0.2) is 0 Å². The Morgan fingerprint density at radius 3 is 2.50 bits per heavy atom. The summed E-state index contributed by atoms with van der Waals surface area (Å²) >= 11 is 0. The van der Waals surface area contributed by atoms with Gasteiger partial charge in [-0.2, -0.15) is 0 Å². The Morgan fingerprint density at radius 1 is 0.969 bits per heavy atom. The number of hydrogen-bond acceptors (Lipinski definition) is 4. The quantitative estimate of drug-likeness (QED) is 0.343. The first kappa shape index (κ1) is 24.3. The summed E-state index contributed by atoms with van der Waals surface area (Å²) in [5.74, 6) is 2.22. The van der Waals surface area contributed by atoms with E-state index in [1.807, 2.05) is 42.5 Å². The maximum absolute atomic E-state index is 12.6. The Labute approximate surface area is 197 Å². The van der Waals surface area contributed by atoms with Gasteiger partial charge in [0.05, 0.1) is 12.0 Å². The van der Waals surface area contributed by atoms with Crippen LogP contribution < -0.4 is 10.2 Å². The van der Waals surface area contributed by atoms with Crippen LogP contribution in [0.5, 0.6) is 5.75 Å². The van der Waals surface area contributed by atoms with E-state index in [4.69, 9.17) is 9.15 Å². The number of benzene rings is 2. The molecule has 0 radical (unpaired) electrons. The van der Waals surface area contributed by atoms with Crippen LogP contribution >= 0.6 is 12.4 Å². The molecule has 2 heterocycles. The van der Waals surface area contributed by atoms with Crippen molar-refractivity contribution in [2.75, 3.05) is 26.2 Å². The van der Waals surface area contributed by atoms with E-state index in [0.717, 1.165) is 23.7 Å². The van der Waals surface area contributed by atoms with E-state index < -0.39 is 0 Å². The molecule has 4 nitrogen and oxygen atoms in total.